The highest BCUT2D eigenvalue weighted by Crippen LogP contribution is 2.32. The van der Waals surface area contributed by atoms with Crippen molar-refractivity contribution in [2.75, 3.05) is 7.11 Å². The van der Waals surface area contributed by atoms with Crippen LogP contribution in [0, 0.1) is 0 Å². The summed E-state index contributed by atoms with van der Waals surface area (Å²) in [5.74, 6) is 0.875. The molecule has 0 unspecified atom stereocenters. The molecular formula is C24H21NO4. The van der Waals surface area contributed by atoms with E-state index in [-0.39, 0.29) is 6.10 Å². The Bertz CT molecular complexity index is 1060. The smallest absolute Gasteiger partial charge is 0.366 e. The van der Waals surface area contributed by atoms with Crippen LogP contribution in [0.5, 0.6) is 11.5 Å². The summed E-state index contributed by atoms with van der Waals surface area (Å²) in [5, 5.41) is 4.19. The number of hydrogen-bond donors (Lipinski definition) is 0. The first-order valence-electron chi connectivity index (χ1n) is 9.43. The molecule has 0 radical (unpaired) electrons. The predicted octanol–water partition coefficient (Wildman–Crippen LogP) is 5.09. The van der Waals surface area contributed by atoms with Crippen LogP contribution in [-0.2, 0) is 4.84 Å². The molecule has 0 aromatic heterocycles. The molecule has 0 saturated heterocycles. The summed E-state index contributed by atoms with van der Waals surface area (Å²) >= 11 is 0. The van der Waals surface area contributed by atoms with Gasteiger partial charge in [-0.3, -0.25) is 0 Å². The summed E-state index contributed by atoms with van der Waals surface area (Å²) in [5.41, 5.74) is 3.70. The first-order valence-corrected chi connectivity index (χ1v) is 9.43. The van der Waals surface area contributed by atoms with Crippen molar-refractivity contribution < 1.29 is 19.1 Å². The Morgan fingerprint density at radius 2 is 1.76 bits per heavy atom. The molecule has 0 fully saturated rings. The Hall–Kier alpha value is -3.60. The highest BCUT2D eigenvalue weighted by Gasteiger charge is 2.24. The van der Waals surface area contributed by atoms with Crippen LogP contribution in [0.1, 0.15) is 29.3 Å². The minimum absolute atomic E-state index is 0.0799. The maximum absolute atomic E-state index is 12.8. The number of rotatable bonds is 4. The van der Waals surface area contributed by atoms with Gasteiger partial charge in [0, 0.05) is 18.1 Å². The largest absolute Gasteiger partial charge is 0.497 e. The number of carbonyl (C=O) groups is 1. The van der Waals surface area contributed by atoms with Gasteiger partial charge in [0.1, 0.15) is 17.6 Å². The minimum Gasteiger partial charge on any atom is -0.497 e. The third-order valence-electron chi connectivity index (χ3n) is 4.78. The number of nitrogens with zero attached hydrogens (tertiary/aromatic N) is 1. The van der Waals surface area contributed by atoms with E-state index in [1.807, 2.05) is 73.7 Å². The topological polar surface area (TPSA) is 57.1 Å². The molecule has 0 saturated carbocycles. The fourth-order valence-corrected chi connectivity index (χ4v) is 3.37. The zero-order valence-electron chi connectivity index (χ0n) is 16.3. The fraction of sp³-hybridized carbons (Fsp3) is 0.167. The lowest BCUT2D eigenvalue weighted by molar-refractivity contribution is 0.0514. The molecule has 4 rings (SSSR count). The van der Waals surface area contributed by atoms with Crippen LogP contribution >= 0.6 is 0 Å². The van der Waals surface area contributed by atoms with E-state index in [9.17, 15) is 4.79 Å². The predicted molar refractivity (Wildman–Crippen MR) is 112 cm³/mol. The summed E-state index contributed by atoms with van der Waals surface area (Å²) in [6.45, 7) is 1.95. The summed E-state index contributed by atoms with van der Waals surface area (Å²) in [6.07, 6.45) is 0.469. The van der Waals surface area contributed by atoms with Gasteiger partial charge >= 0.3 is 5.97 Å². The molecule has 0 aliphatic carbocycles. The van der Waals surface area contributed by atoms with E-state index in [4.69, 9.17) is 14.3 Å². The Labute approximate surface area is 169 Å². The maximum Gasteiger partial charge on any atom is 0.366 e. The molecule has 1 aliphatic heterocycles. The van der Waals surface area contributed by atoms with Crippen molar-refractivity contribution in [2.45, 2.75) is 19.4 Å². The van der Waals surface area contributed by atoms with Gasteiger partial charge in [0.2, 0.25) is 0 Å². The zero-order chi connectivity index (χ0) is 20.2. The Morgan fingerprint density at radius 1 is 1.00 bits per heavy atom. The third-order valence-corrected chi connectivity index (χ3v) is 4.78. The Morgan fingerprint density at radius 3 is 2.55 bits per heavy atom. The number of fused-ring (bicyclic) bond motifs is 1. The van der Waals surface area contributed by atoms with Crippen molar-refractivity contribution in [3.8, 4) is 22.6 Å². The zero-order valence-corrected chi connectivity index (χ0v) is 16.3. The second-order valence-electron chi connectivity index (χ2n) is 6.82. The fourth-order valence-electron chi connectivity index (χ4n) is 3.37. The second-order valence-corrected chi connectivity index (χ2v) is 6.82. The van der Waals surface area contributed by atoms with Crippen molar-refractivity contribution in [2.24, 2.45) is 5.16 Å². The molecule has 3 aromatic carbocycles. The van der Waals surface area contributed by atoms with E-state index >= 15 is 0 Å². The SMILES string of the molecule is COc1ccc2c(c1)O[C@@H](C)C/C2=N\OC(=O)c1ccccc1-c1ccccc1. The number of oxime groups is 1. The van der Waals surface area contributed by atoms with Gasteiger partial charge in [-0.25, -0.2) is 4.79 Å². The van der Waals surface area contributed by atoms with Crippen molar-refractivity contribution in [1.82, 2.24) is 0 Å². The number of carbonyl (C=O) groups excluding carboxylic acids is 1. The van der Waals surface area contributed by atoms with Crippen LogP contribution < -0.4 is 9.47 Å². The molecule has 1 heterocycles. The first kappa shape index (κ1) is 18.7. The number of methoxy groups -OCH3 is 1. The molecule has 0 amide bonds. The highest BCUT2D eigenvalue weighted by molar-refractivity contribution is 6.05. The van der Waals surface area contributed by atoms with Crippen molar-refractivity contribution >= 4 is 11.7 Å². The molecule has 29 heavy (non-hydrogen) atoms. The minimum atomic E-state index is -0.494. The number of hydrogen-bond acceptors (Lipinski definition) is 5. The molecule has 1 atom stereocenters. The highest BCUT2D eigenvalue weighted by atomic mass is 16.7. The van der Waals surface area contributed by atoms with Crippen LogP contribution in [0.2, 0.25) is 0 Å². The molecule has 5 heteroatoms. The molecule has 146 valence electrons. The summed E-state index contributed by atoms with van der Waals surface area (Å²) in [7, 11) is 1.61. The average Bonchev–Trinajstić information content (AvgIpc) is 2.77. The second kappa shape index (κ2) is 8.19. The Balaban J connectivity index is 1.62. The van der Waals surface area contributed by atoms with Gasteiger partial charge in [0.15, 0.2) is 0 Å². The molecule has 3 aromatic rings. The molecular weight excluding hydrogens is 366 g/mol. The summed E-state index contributed by atoms with van der Waals surface area (Å²) in [6, 6.07) is 22.6. The normalized spacial score (nSPS) is 16.6. The van der Waals surface area contributed by atoms with Crippen LogP contribution in [0.15, 0.2) is 78.0 Å². The van der Waals surface area contributed by atoms with Gasteiger partial charge < -0.3 is 14.3 Å². The average molecular weight is 387 g/mol. The van der Waals surface area contributed by atoms with E-state index in [1.165, 1.54) is 0 Å². The van der Waals surface area contributed by atoms with E-state index in [0.29, 0.717) is 29.2 Å². The molecule has 0 N–H and O–H groups in total. The first-order chi connectivity index (χ1) is 14.2. The number of benzene rings is 3. The van der Waals surface area contributed by atoms with Gasteiger partial charge in [-0.1, -0.05) is 53.7 Å². The lowest BCUT2D eigenvalue weighted by Gasteiger charge is -2.24. The lowest BCUT2D eigenvalue weighted by atomic mass is 10.00. The van der Waals surface area contributed by atoms with Crippen LogP contribution in [0.4, 0.5) is 0 Å². The van der Waals surface area contributed by atoms with Gasteiger partial charge in [-0.05, 0) is 36.2 Å². The van der Waals surface area contributed by atoms with Crippen molar-refractivity contribution in [3.63, 3.8) is 0 Å². The summed E-state index contributed by atoms with van der Waals surface area (Å²) < 4.78 is 11.1. The van der Waals surface area contributed by atoms with E-state index in [2.05, 4.69) is 5.16 Å². The van der Waals surface area contributed by atoms with E-state index < -0.39 is 5.97 Å². The summed E-state index contributed by atoms with van der Waals surface area (Å²) in [4.78, 5) is 18.1. The lowest BCUT2D eigenvalue weighted by Crippen LogP contribution is -2.25. The van der Waals surface area contributed by atoms with E-state index in [0.717, 1.165) is 16.7 Å². The van der Waals surface area contributed by atoms with Crippen LogP contribution in [-0.4, -0.2) is 24.9 Å². The van der Waals surface area contributed by atoms with Gasteiger partial charge in [0.05, 0.1) is 18.4 Å². The monoisotopic (exact) mass is 387 g/mol. The molecule has 1 aliphatic rings. The quantitative estimate of drug-likeness (QED) is 0.462. The standard InChI is InChI=1S/C24H21NO4/c1-16-14-22(21-13-12-18(27-2)15-23(21)28-16)25-29-24(26)20-11-7-6-10-19(20)17-8-4-3-5-9-17/h3-13,15-16H,14H2,1-2H3/b25-22+/t16-/m0/s1. The van der Waals surface area contributed by atoms with Crippen LogP contribution in [0.3, 0.4) is 0 Å². The van der Waals surface area contributed by atoms with Gasteiger partial charge in [-0.2, -0.15) is 0 Å². The van der Waals surface area contributed by atoms with Crippen LogP contribution in [0.25, 0.3) is 11.1 Å². The van der Waals surface area contributed by atoms with Crippen molar-refractivity contribution in [3.05, 3.63) is 83.9 Å². The molecule has 0 bridgehead atoms. The Kier molecular flexibility index (Phi) is 5.29. The third kappa shape index (κ3) is 3.99. The number of ether oxygens (including phenoxy) is 2. The molecule has 5 nitrogen and oxygen atoms in total. The van der Waals surface area contributed by atoms with Gasteiger partial charge in [-0.15, -0.1) is 0 Å². The maximum atomic E-state index is 12.8. The van der Waals surface area contributed by atoms with E-state index in [1.54, 1.807) is 13.2 Å². The van der Waals surface area contributed by atoms with Gasteiger partial charge in [0.25, 0.3) is 0 Å². The molecule has 0 spiro atoms. The van der Waals surface area contributed by atoms with Crippen molar-refractivity contribution in [1.29, 1.82) is 0 Å².